The molecule has 6 heteroatoms. The number of fused-ring (bicyclic) bond motifs is 5. The Hall–Kier alpha value is -1.43. The zero-order chi connectivity index (χ0) is 34.8. The van der Waals surface area contributed by atoms with Crippen LogP contribution in [0.2, 0.25) is 18.6 Å². The molecule has 6 atom stereocenters. The first kappa shape index (κ1) is 38.8. The van der Waals surface area contributed by atoms with Crippen LogP contribution < -0.4 is 0 Å². The Morgan fingerprint density at radius 2 is 1.31 bits per heavy atom. The third-order valence-corrected chi connectivity index (χ3v) is 16.2. The first-order valence-electron chi connectivity index (χ1n) is 17.7. The molecule has 49 heavy (non-hydrogen) atoms. The number of nitrogens with zero attached hydrogens (tertiary/aromatic N) is 2. The Bertz CT molecular complexity index is 1680. The van der Waals surface area contributed by atoms with Crippen molar-refractivity contribution < 1.29 is 17.0 Å². The van der Waals surface area contributed by atoms with Gasteiger partial charge in [-0.2, -0.15) is 0 Å². The first-order valence-corrected chi connectivity index (χ1v) is 25.0. The van der Waals surface area contributed by atoms with E-state index in [-0.39, 0.29) is 36.0 Å². The predicted octanol–water partition coefficient (Wildman–Crippen LogP) is 12.9. The molecule has 5 unspecified atom stereocenters. The molecule has 0 radical (unpaired) electrons. The van der Waals surface area contributed by atoms with Crippen molar-refractivity contribution in [3.8, 4) is 0 Å². The van der Waals surface area contributed by atoms with E-state index in [1.807, 2.05) is 0 Å². The zero-order valence-electron chi connectivity index (χ0n) is 31.4. The van der Waals surface area contributed by atoms with Crippen LogP contribution >= 0.6 is 18.6 Å². The molecule has 2 fully saturated rings. The van der Waals surface area contributed by atoms with Crippen LogP contribution in [0.1, 0.15) is 61.0 Å². The van der Waals surface area contributed by atoms with E-state index in [4.69, 9.17) is 23.9 Å². The Morgan fingerprint density at radius 3 is 1.86 bits per heavy atom. The summed E-state index contributed by atoms with van der Waals surface area (Å²) < 4.78 is 2.95. The summed E-state index contributed by atoms with van der Waals surface area (Å²) in [4.78, 5) is 0. The normalized spacial score (nSPS) is 30.2. The molecule has 0 aromatic heterocycles. The van der Waals surface area contributed by atoms with E-state index in [0.29, 0.717) is 29.2 Å². The average Bonchev–Trinajstić information content (AvgIpc) is 3.50. The number of hydrogen-bond donors (Lipinski definition) is 0. The molecule has 2 aromatic carbocycles. The molecule has 1 aliphatic heterocycles. The van der Waals surface area contributed by atoms with Gasteiger partial charge in [-0.25, -0.2) is 0 Å². The summed E-state index contributed by atoms with van der Waals surface area (Å²) >= 11 is -0.556. The second kappa shape index (κ2) is 14.2. The van der Waals surface area contributed by atoms with Crippen molar-refractivity contribution in [1.29, 1.82) is 0 Å². The number of hydrogen-bond acceptors (Lipinski definition) is 1. The average molecular weight is 748 g/mol. The van der Waals surface area contributed by atoms with E-state index in [9.17, 15) is 0 Å². The second-order valence-electron chi connectivity index (χ2n) is 17.5. The van der Waals surface area contributed by atoms with Gasteiger partial charge in [0.25, 0.3) is 0 Å². The molecule has 2 nitrogen and oxygen atoms in total. The standard InChI is InChI=1S/C42H53N2Si.CH3.2ClH.Ti/c1-40(2,3)28-21-23-32-33-24-22-29(41(4,5)6)26-36(33)39(35(32)25-28)45(9,10)44-37-20-14-19-34(38(37)43-42(44,7)8)31-18-13-16-27-15-11-12-17-30(27)31;;;;/h11-26,32-33,35-39H,1-10H3;1H3;2*1H;/q2*-1;;;+2/p-2/t32?,33?,35?,36?,37-,38?,39?;;;;/m1..../s1. The predicted molar refractivity (Wildman–Crippen MR) is 215 cm³/mol. The molecular weight excluding hydrogens is 691 g/mol. The summed E-state index contributed by atoms with van der Waals surface area (Å²) in [5.74, 6) is 2.19. The molecule has 0 spiro atoms. The first-order chi connectivity index (χ1) is 22.5. The molecule has 5 aliphatic rings. The van der Waals surface area contributed by atoms with Crippen LogP contribution in [0.4, 0.5) is 0 Å². The molecule has 2 aromatic rings. The quantitative estimate of drug-likeness (QED) is 0.226. The number of allylic oxidation sites excluding steroid dienone is 10. The Labute approximate surface area is 315 Å². The molecule has 4 aliphatic carbocycles. The van der Waals surface area contributed by atoms with Crippen molar-refractivity contribution >= 4 is 43.2 Å². The summed E-state index contributed by atoms with van der Waals surface area (Å²) in [6.45, 7) is 24.4. The topological polar surface area (TPSA) is 17.3 Å². The molecule has 7 rings (SSSR count). The number of halogens is 2. The van der Waals surface area contributed by atoms with Gasteiger partial charge in [0.15, 0.2) is 0 Å². The van der Waals surface area contributed by atoms with Crippen molar-refractivity contribution in [2.45, 2.75) is 91.8 Å². The van der Waals surface area contributed by atoms with Crippen molar-refractivity contribution in [1.82, 2.24) is 4.57 Å². The van der Waals surface area contributed by atoms with Crippen molar-refractivity contribution in [2.75, 3.05) is 0 Å². The molecular formula is C43H56Cl2N2SiTi-2. The van der Waals surface area contributed by atoms with Gasteiger partial charge in [-0.05, 0) is 67.5 Å². The maximum atomic E-state index is 5.72. The summed E-state index contributed by atoms with van der Waals surface area (Å²) in [6, 6.07) is 16.0. The summed E-state index contributed by atoms with van der Waals surface area (Å²) in [5, 5.41) is 8.35. The summed E-state index contributed by atoms with van der Waals surface area (Å²) in [5.41, 5.74) is 6.33. The van der Waals surface area contributed by atoms with E-state index in [1.165, 1.54) is 33.1 Å². The van der Waals surface area contributed by atoms with Crippen LogP contribution in [-0.4, -0.2) is 30.5 Å². The molecule has 1 heterocycles. The number of benzene rings is 2. The molecule has 0 bridgehead atoms. The Balaban J connectivity index is 0.00000113. The Morgan fingerprint density at radius 1 is 0.776 bits per heavy atom. The van der Waals surface area contributed by atoms with Crippen LogP contribution in [0.25, 0.3) is 21.7 Å². The fraction of sp³-hybridized carbons (Fsp3) is 0.465. The van der Waals surface area contributed by atoms with Crippen LogP contribution in [0, 0.1) is 41.9 Å². The van der Waals surface area contributed by atoms with Crippen LogP contribution in [0.3, 0.4) is 0 Å². The van der Waals surface area contributed by atoms with Gasteiger partial charge in [0, 0.05) is 6.04 Å². The maximum absolute atomic E-state index is 5.72. The Kier molecular flexibility index (Phi) is 11.2. The van der Waals surface area contributed by atoms with Crippen LogP contribution in [0.15, 0.2) is 108 Å². The SMILES string of the molecule is CC(C)(C)C1=CC2C(C=C1)C1C=CC(C(C)(C)C)=CC1C2[Si](C)(C)N1[C@@H]2C=CC=C(c3cccc4ccccc34)C2[N-]C1(C)C.[CH3-].[Cl][Ti][Cl]. The van der Waals surface area contributed by atoms with E-state index >= 15 is 0 Å². The second-order valence-corrected chi connectivity index (χ2v) is 24.5. The van der Waals surface area contributed by atoms with E-state index in [2.05, 4.69) is 170 Å². The van der Waals surface area contributed by atoms with Gasteiger partial charge < -0.3 is 17.3 Å². The molecule has 0 N–H and O–H groups in total. The monoisotopic (exact) mass is 746 g/mol. The van der Waals surface area contributed by atoms with Gasteiger partial charge in [0.2, 0.25) is 0 Å². The minimum atomic E-state index is -2.15. The molecule has 1 saturated heterocycles. The van der Waals surface area contributed by atoms with Crippen molar-refractivity contribution in [2.24, 2.45) is 34.5 Å². The van der Waals surface area contributed by atoms with Gasteiger partial charge in [-0.15, -0.1) is 0 Å². The number of rotatable bonds is 3. The summed E-state index contributed by atoms with van der Waals surface area (Å²) in [6.07, 6.45) is 22.7. The third kappa shape index (κ3) is 7.05. The molecule has 262 valence electrons. The van der Waals surface area contributed by atoms with Crippen LogP contribution in [-0.2, 0) is 17.0 Å². The zero-order valence-corrected chi connectivity index (χ0v) is 35.5. The van der Waals surface area contributed by atoms with Gasteiger partial charge in [-0.3, -0.25) is 0 Å². The van der Waals surface area contributed by atoms with Crippen molar-refractivity contribution in [3.05, 3.63) is 127 Å². The van der Waals surface area contributed by atoms with E-state index < -0.39 is 25.3 Å². The minimum absolute atomic E-state index is 0. The van der Waals surface area contributed by atoms with Gasteiger partial charge >= 0.3 is 35.6 Å². The summed E-state index contributed by atoms with van der Waals surface area (Å²) in [7, 11) is 7.62. The van der Waals surface area contributed by atoms with Crippen molar-refractivity contribution in [3.63, 3.8) is 0 Å². The van der Waals surface area contributed by atoms with Gasteiger partial charge in [0.05, 0.1) is 0 Å². The van der Waals surface area contributed by atoms with E-state index in [0.717, 1.165) is 0 Å². The van der Waals surface area contributed by atoms with Crippen LogP contribution in [0.5, 0.6) is 0 Å². The fourth-order valence-electron chi connectivity index (χ4n) is 9.87. The molecule has 1 saturated carbocycles. The van der Waals surface area contributed by atoms with Gasteiger partial charge in [-0.1, -0.05) is 183 Å². The third-order valence-electron chi connectivity index (χ3n) is 11.7. The van der Waals surface area contributed by atoms with Gasteiger partial charge in [0.1, 0.15) is 8.24 Å². The van der Waals surface area contributed by atoms with E-state index in [1.54, 1.807) is 0 Å². The molecule has 0 amide bonds. The fourth-order valence-corrected chi connectivity index (χ4v) is 15.2.